The number of morpholine rings is 1. The number of hydrogen-bond donors (Lipinski definition) is 2. The van der Waals surface area contributed by atoms with Gasteiger partial charge in [0.15, 0.2) is 5.96 Å². The average molecular weight is 424 g/mol. The number of anilines is 1. The summed E-state index contributed by atoms with van der Waals surface area (Å²) in [5.74, 6) is 0.758. The molecule has 0 atom stereocenters. The van der Waals surface area contributed by atoms with E-state index in [0.29, 0.717) is 23.3 Å². The molecule has 0 spiro atoms. The molecule has 0 aliphatic carbocycles. The maximum absolute atomic E-state index is 6.13. The van der Waals surface area contributed by atoms with Crippen molar-refractivity contribution in [2.75, 3.05) is 37.7 Å². The van der Waals surface area contributed by atoms with Crippen LogP contribution < -0.4 is 15.5 Å². The molecule has 1 aliphatic rings. The maximum atomic E-state index is 6.13. The summed E-state index contributed by atoms with van der Waals surface area (Å²) in [6, 6.07) is 10.4. The molecule has 0 amide bonds. The summed E-state index contributed by atoms with van der Waals surface area (Å²) in [5, 5.41) is 7.70. The number of nitrogens with one attached hydrogen (secondary N) is 2. The van der Waals surface area contributed by atoms with Crippen molar-refractivity contribution in [3.05, 3.63) is 51.8 Å². The standard InChI is InChI=1S/C20H27Cl2N5O/c1-3-23-20(25-14-17-12-18(21)19(22)26(17)2)24-13-15-4-6-16(7-5-15)27-8-10-28-11-9-27/h4-7,12H,3,8-11,13-14H2,1-2H3,(H2,23,24,25). The van der Waals surface area contributed by atoms with Gasteiger partial charge in [0.05, 0.1) is 31.3 Å². The van der Waals surface area contributed by atoms with Gasteiger partial charge < -0.3 is 24.8 Å². The topological polar surface area (TPSA) is 53.8 Å². The Bertz CT molecular complexity index is 798. The zero-order chi connectivity index (χ0) is 19.9. The van der Waals surface area contributed by atoms with Crippen molar-refractivity contribution in [2.24, 2.45) is 12.0 Å². The van der Waals surface area contributed by atoms with Gasteiger partial charge in [0.2, 0.25) is 0 Å². The molecule has 2 heterocycles. The molecule has 0 unspecified atom stereocenters. The molecular formula is C20H27Cl2N5O. The van der Waals surface area contributed by atoms with Crippen LogP contribution in [-0.2, 0) is 24.9 Å². The molecule has 1 aliphatic heterocycles. The highest BCUT2D eigenvalue weighted by Gasteiger charge is 2.11. The van der Waals surface area contributed by atoms with Crippen LogP contribution in [0, 0.1) is 0 Å². The first-order valence-electron chi connectivity index (χ1n) is 9.52. The monoisotopic (exact) mass is 423 g/mol. The van der Waals surface area contributed by atoms with E-state index in [1.807, 2.05) is 24.6 Å². The summed E-state index contributed by atoms with van der Waals surface area (Å²) in [6.07, 6.45) is 0. The predicted octanol–water partition coefficient (Wildman–Crippen LogP) is 3.42. The number of benzene rings is 1. The summed E-state index contributed by atoms with van der Waals surface area (Å²) in [6.45, 7) is 7.50. The minimum atomic E-state index is 0.542. The Morgan fingerprint density at radius 1 is 1.14 bits per heavy atom. The van der Waals surface area contributed by atoms with Crippen molar-refractivity contribution in [1.82, 2.24) is 15.2 Å². The second kappa shape index (κ2) is 10.0. The molecule has 152 valence electrons. The fourth-order valence-corrected chi connectivity index (χ4v) is 3.49. The number of nitrogens with zero attached hydrogens (tertiary/aromatic N) is 3. The highest BCUT2D eigenvalue weighted by atomic mass is 35.5. The second-order valence-electron chi connectivity index (χ2n) is 6.65. The molecule has 2 N–H and O–H groups in total. The van der Waals surface area contributed by atoms with Crippen LogP contribution in [0.3, 0.4) is 0 Å². The summed E-state index contributed by atoms with van der Waals surface area (Å²) in [7, 11) is 1.89. The van der Waals surface area contributed by atoms with Crippen LogP contribution in [-0.4, -0.2) is 43.4 Å². The van der Waals surface area contributed by atoms with Crippen LogP contribution in [0.25, 0.3) is 0 Å². The zero-order valence-electron chi connectivity index (χ0n) is 16.3. The van der Waals surface area contributed by atoms with E-state index in [1.165, 1.54) is 11.3 Å². The Labute approximate surface area is 176 Å². The van der Waals surface area contributed by atoms with Crippen LogP contribution in [0.2, 0.25) is 10.2 Å². The smallest absolute Gasteiger partial charge is 0.191 e. The van der Waals surface area contributed by atoms with Crippen LogP contribution in [0.5, 0.6) is 0 Å². The van der Waals surface area contributed by atoms with Crippen molar-refractivity contribution in [2.45, 2.75) is 20.0 Å². The molecule has 0 radical (unpaired) electrons. The number of aromatic nitrogens is 1. The first kappa shape index (κ1) is 20.8. The van der Waals surface area contributed by atoms with Gasteiger partial charge in [-0.2, -0.15) is 0 Å². The Hall–Kier alpha value is -1.89. The molecule has 0 bridgehead atoms. The second-order valence-corrected chi connectivity index (χ2v) is 7.41. The minimum absolute atomic E-state index is 0.542. The van der Waals surface area contributed by atoms with Gasteiger partial charge in [-0.25, -0.2) is 4.99 Å². The number of rotatable bonds is 6. The lowest BCUT2D eigenvalue weighted by Crippen LogP contribution is -2.37. The maximum Gasteiger partial charge on any atom is 0.191 e. The van der Waals surface area contributed by atoms with Crippen molar-refractivity contribution in [1.29, 1.82) is 0 Å². The van der Waals surface area contributed by atoms with E-state index in [4.69, 9.17) is 27.9 Å². The lowest BCUT2D eigenvalue weighted by atomic mass is 10.2. The summed E-state index contributed by atoms with van der Waals surface area (Å²) >= 11 is 12.2. The van der Waals surface area contributed by atoms with Gasteiger partial charge in [0.1, 0.15) is 5.15 Å². The molecule has 2 aromatic rings. The first-order chi connectivity index (χ1) is 13.6. The van der Waals surface area contributed by atoms with Crippen molar-refractivity contribution < 1.29 is 4.74 Å². The molecular weight excluding hydrogens is 397 g/mol. The third-order valence-corrected chi connectivity index (χ3v) is 5.57. The number of guanidine groups is 1. The van der Waals surface area contributed by atoms with Crippen molar-refractivity contribution in [3.8, 4) is 0 Å². The van der Waals surface area contributed by atoms with Crippen LogP contribution in [0.15, 0.2) is 35.3 Å². The quantitative estimate of drug-likeness (QED) is 0.551. The van der Waals surface area contributed by atoms with Crippen molar-refractivity contribution >= 4 is 34.8 Å². The third-order valence-electron chi connectivity index (χ3n) is 4.73. The Morgan fingerprint density at radius 3 is 2.46 bits per heavy atom. The molecule has 1 aromatic carbocycles. The van der Waals surface area contributed by atoms with Crippen molar-refractivity contribution in [3.63, 3.8) is 0 Å². The largest absolute Gasteiger partial charge is 0.378 e. The van der Waals surface area contributed by atoms with E-state index >= 15 is 0 Å². The SMILES string of the molecule is CCNC(=NCc1ccc(N2CCOCC2)cc1)NCc1cc(Cl)c(Cl)n1C. The molecule has 0 saturated carbocycles. The lowest BCUT2D eigenvalue weighted by molar-refractivity contribution is 0.122. The van der Waals surface area contributed by atoms with Gasteiger partial charge in [-0.1, -0.05) is 35.3 Å². The molecule has 1 saturated heterocycles. The minimum Gasteiger partial charge on any atom is -0.378 e. The van der Waals surface area contributed by atoms with E-state index in [1.54, 1.807) is 0 Å². The average Bonchev–Trinajstić information content (AvgIpc) is 2.98. The highest BCUT2D eigenvalue weighted by Crippen LogP contribution is 2.25. The van der Waals surface area contributed by atoms with Gasteiger partial charge in [-0.15, -0.1) is 0 Å². The number of aliphatic imine (C=N–C) groups is 1. The van der Waals surface area contributed by atoms with E-state index in [-0.39, 0.29) is 0 Å². The Morgan fingerprint density at radius 2 is 1.86 bits per heavy atom. The van der Waals surface area contributed by atoms with E-state index in [0.717, 1.165) is 44.5 Å². The summed E-state index contributed by atoms with van der Waals surface area (Å²) < 4.78 is 7.28. The predicted molar refractivity (Wildman–Crippen MR) is 117 cm³/mol. The number of ether oxygens (including phenoxy) is 1. The van der Waals surface area contributed by atoms with Crippen LogP contribution in [0.4, 0.5) is 5.69 Å². The molecule has 3 rings (SSSR count). The fraction of sp³-hybridized carbons (Fsp3) is 0.450. The van der Waals surface area contributed by atoms with E-state index in [9.17, 15) is 0 Å². The van der Waals surface area contributed by atoms with Gasteiger partial charge >= 0.3 is 0 Å². The molecule has 1 fully saturated rings. The van der Waals surface area contributed by atoms with Gasteiger partial charge in [-0.3, -0.25) is 0 Å². The van der Waals surface area contributed by atoms with Gasteiger partial charge in [0.25, 0.3) is 0 Å². The van der Waals surface area contributed by atoms with Crippen LogP contribution in [0.1, 0.15) is 18.2 Å². The molecule has 28 heavy (non-hydrogen) atoms. The Balaban J connectivity index is 1.59. The van der Waals surface area contributed by atoms with Gasteiger partial charge in [0, 0.05) is 38.1 Å². The van der Waals surface area contributed by atoms with Crippen LogP contribution >= 0.6 is 23.2 Å². The highest BCUT2D eigenvalue weighted by molar-refractivity contribution is 6.41. The fourth-order valence-electron chi connectivity index (χ4n) is 3.08. The zero-order valence-corrected chi connectivity index (χ0v) is 17.9. The first-order valence-corrected chi connectivity index (χ1v) is 10.3. The summed E-state index contributed by atoms with van der Waals surface area (Å²) in [4.78, 5) is 7.03. The molecule has 6 nitrogen and oxygen atoms in total. The Kier molecular flexibility index (Phi) is 7.48. The third kappa shape index (κ3) is 5.34. The number of halogens is 2. The van der Waals surface area contributed by atoms with Gasteiger partial charge in [-0.05, 0) is 30.7 Å². The normalized spacial score (nSPS) is 15.0. The number of hydrogen-bond acceptors (Lipinski definition) is 3. The molecule has 1 aromatic heterocycles. The lowest BCUT2D eigenvalue weighted by Gasteiger charge is -2.28. The van der Waals surface area contributed by atoms with E-state index < -0.39 is 0 Å². The summed E-state index contributed by atoms with van der Waals surface area (Å²) in [5.41, 5.74) is 3.40. The molecule has 8 heteroatoms. The van der Waals surface area contributed by atoms with E-state index in [2.05, 4.69) is 44.8 Å².